The topological polar surface area (TPSA) is 64.3 Å². The Labute approximate surface area is 111 Å². The summed E-state index contributed by atoms with van der Waals surface area (Å²) in [5.74, 6) is 1.02. The highest BCUT2D eigenvalue weighted by atomic mass is 16.7. The van der Waals surface area contributed by atoms with Crippen molar-refractivity contribution in [1.29, 1.82) is 0 Å². The van der Waals surface area contributed by atoms with Gasteiger partial charge in [0.15, 0.2) is 11.9 Å². The highest BCUT2D eigenvalue weighted by Crippen LogP contribution is 2.35. The van der Waals surface area contributed by atoms with Crippen LogP contribution >= 0.6 is 0 Å². The summed E-state index contributed by atoms with van der Waals surface area (Å²) in [6.07, 6.45) is 0.272. The van der Waals surface area contributed by atoms with Gasteiger partial charge in [-0.1, -0.05) is 0 Å². The van der Waals surface area contributed by atoms with Crippen LogP contribution in [0.5, 0.6) is 11.5 Å². The zero-order valence-electron chi connectivity index (χ0n) is 10.8. The van der Waals surface area contributed by atoms with Crippen LogP contribution in [0.1, 0.15) is 23.8 Å². The first-order valence-corrected chi connectivity index (χ1v) is 5.87. The molecule has 0 unspecified atom stereocenters. The molecule has 19 heavy (non-hydrogen) atoms. The van der Waals surface area contributed by atoms with Crippen LogP contribution < -0.4 is 9.47 Å². The highest BCUT2D eigenvalue weighted by Gasteiger charge is 2.25. The van der Waals surface area contributed by atoms with Crippen molar-refractivity contribution in [3.63, 3.8) is 0 Å². The molecule has 6 nitrogen and oxygen atoms in total. The number of benzene rings is 1. The standard InChI is InChI=1S/C13H15NO5/c1-16-9-6-10(13-18-4-3-5-19-13)11(8-14-15)12(7-9)17-2/h6-7,13H,3-5H2,1-2H3. The fourth-order valence-corrected chi connectivity index (χ4v) is 1.91. The van der Waals surface area contributed by atoms with Crippen LogP contribution in [0.3, 0.4) is 0 Å². The zero-order chi connectivity index (χ0) is 13.7. The zero-order valence-corrected chi connectivity index (χ0v) is 10.8. The molecular weight excluding hydrogens is 250 g/mol. The monoisotopic (exact) mass is 265 g/mol. The van der Waals surface area contributed by atoms with E-state index in [2.05, 4.69) is 11.1 Å². The summed E-state index contributed by atoms with van der Waals surface area (Å²) in [4.78, 5) is 0. The van der Waals surface area contributed by atoms with Gasteiger partial charge in [0.1, 0.15) is 11.5 Å². The predicted molar refractivity (Wildman–Crippen MR) is 68.5 cm³/mol. The summed E-state index contributed by atoms with van der Waals surface area (Å²) in [5.41, 5.74) is 1.04. The van der Waals surface area contributed by atoms with Gasteiger partial charge in [-0.3, -0.25) is 0 Å². The van der Waals surface area contributed by atoms with Gasteiger partial charge >= 0.3 is 6.07 Å². The van der Waals surface area contributed by atoms with E-state index in [-0.39, 0.29) is 0 Å². The van der Waals surface area contributed by atoms with Gasteiger partial charge in [0.2, 0.25) is 0 Å². The quantitative estimate of drug-likeness (QED) is 0.785. The largest absolute Gasteiger partial charge is 0.498 e. The Balaban J connectivity index is 2.49. The number of ether oxygens (including phenoxy) is 4. The molecule has 0 saturated carbocycles. The maximum Gasteiger partial charge on any atom is 0.341 e. The molecule has 0 atom stereocenters. The molecule has 0 aliphatic carbocycles. The fraction of sp³-hybridized carbons (Fsp3) is 0.462. The van der Waals surface area contributed by atoms with Crippen LogP contribution in [0.15, 0.2) is 12.1 Å². The van der Waals surface area contributed by atoms with Gasteiger partial charge in [0.25, 0.3) is 0 Å². The highest BCUT2D eigenvalue weighted by molar-refractivity contribution is 5.55. The van der Waals surface area contributed by atoms with Gasteiger partial charge in [-0.05, 0) is 12.5 Å². The Hall–Kier alpha value is -1.97. The molecule has 0 N–H and O–H groups in total. The lowest BCUT2D eigenvalue weighted by molar-refractivity contribution is -0.183. The van der Waals surface area contributed by atoms with Gasteiger partial charge in [0, 0.05) is 16.6 Å². The summed E-state index contributed by atoms with van der Waals surface area (Å²) in [5, 5.41) is 13.2. The minimum absolute atomic E-state index is 0.421. The predicted octanol–water partition coefficient (Wildman–Crippen LogP) is 2.32. The molecule has 1 fully saturated rings. The van der Waals surface area contributed by atoms with E-state index in [9.17, 15) is 5.21 Å². The van der Waals surface area contributed by atoms with Gasteiger partial charge in [-0.15, -0.1) is 0 Å². The lowest BCUT2D eigenvalue weighted by Gasteiger charge is -2.24. The van der Waals surface area contributed by atoms with E-state index in [0.717, 1.165) is 6.42 Å². The minimum atomic E-state index is -0.568. The second-order valence-corrected chi connectivity index (χ2v) is 3.92. The molecule has 0 amide bonds. The first-order chi connectivity index (χ1) is 9.30. The summed E-state index contributed by atoms with van der Waals surface area (Å²) in [7, 11) is 3.04. The van der Waals surface area contributed by atoms with E-state index in [1.807, 2.05) is 0 Å². The normalized spacial score (nSPS) is 15.5. The number of methoxy groups -OCH3 is 2. The van der Waals surface area contributed by atoms with Crippen LogP contribution in [0.25, 0.3) is 5.01 Å². The second kappa shape index (κ2) is 6.27. The van der Waals surface area contributed by atoms with Gasteiger partial charge in [0.05, 0.1) is 27.4 Å². The summed E-state index contributed by atoms with van der Waals surface area (Å²) < 4.78 is 21.5. The molecule has 6 heteroatoms. The van der Waals surface area contributed by atoms with Crippen molar-refractivity contribution in [2.24, 2.45) is 0 Å². The van der Waals surface area contributed by atoms with Gasteiger partial charge in [-0.2, -0.15) is 0 Å². The van der Waals surface area contributed by atoms with Crippen molar-refractivity contribution < 1.29 is 18.9 Å². The molecule has 1 aromatic carbocycles. The van der Waals surface area contributed by atoms with E-state index in [0.29, 0.717) is 35.8 Å². The molecule has 2 rings (SSSR count). The molecule has 1 aromatic rings. The first kappa shape index (κ1) is 13.5. The lowest BCUT2D eigenvalue weighted by atomic mass is 10.1. The SMILES string of the molecule is COc1cc(OC)c(C#[N+][O-])c(C2OCCCO2)c1. The van der Waals surface area contributed by atoms with E-state index >= 15 is 0 Å². The van der Waals surface area contributed by atoms with Crippen LogP contribution in [0.2, 0.25) is 0 Å². The molecule has 1 aliphatic rings. The summed E-state index contributed by atoms with van der Waals surface area (Å²) in [6.45, 7) is 1.19. The van der Waals surface area contributed by atoms with E-state index in [1.165, 1.54) is 7.11 Å². The molecule has 1 saturated heterocycles. The van der Waals surface area contributed by atoms with Crippen molar-refractivity contribution in [1.82, 2.24) is 0 Å². The van der Waals surface area contributed by atoms with Gasteiger partial charge in [-0.25, -0.2) is 0 Å². The smallest absolute Gasteiger partial charge is 0.341 e. The molecule has 0 radical (unpaired) electrons. The Morgan fingerprint density at radius 2 is 2.00 bits per heavy atom. The van der Waals surface area contributed by atoms with Crippen LogP contribution in [0, 0.1) is 11.3 Å². The Morgan fingerprint density at radius 1 is 1.26 bits per heavy atom. The molecule has 0 aromatic heterocycles. The maximum absolute atomic E-state index is 10.5. The second-order valence-electron chi connectivity index (χ2n) is 3.92. The lowest BCUT2D eigenvalue weighted by Crippen LogP contribution is -2.19. The third-order valence-corrected chi connectivity index (χ3v) is 2.80. The van der Waals surface area contributed by atoms with E-state index < -0.39 is 6.29 Å². The molecule has 1 aliphatic heterocycles. The molecule has 1 heterocycles. The number of hydrogen-bond donors (Lipinski definition) is 0. The first-order valence-electron chi connectivity index (χ1n) is 5.87. The molecule has 0 bridgehead atoms. The third-order valence-electron chi connectivity index (χ3n) is 2.80. The van der Waals surface area contributed by atoms with Crippen molar-refractivity contribution in [3.8, 4) is 17.6 Å². The summed E-state index contributed by atoms with van der Waals surface area (Å²) in [6, 6.07) is 5.75. The minimum Gasteiger partial charge on any atom is -0.498 e. The number of hydrogen-bond acceptors (Lipinski definition) is 5. The van der Waals surface area contributed by atoms with Gasteiger partial charge < -0.3 is 24.2 Å². The Morgan fingerprint density at radius 3 is 2.58 bits per heavy atom. The average molecular weight is 265 g/mol. The summed E-state index contributed by atoms with van der Waals surface area (Å²) >= 11 is 0. The van der Waals surface area contributed by atoms with Crippen LogP contribution in [0.4, 0.5) is 0 Å². The van der Waals surface area contributed by atoms with Crippen LogP contribution in [-0.2, 0) is 9.47 Å². The van der Waals surface area contributed by atoms with Crippen molar-refractivity contribution in [2.75, 3.05) is 27.4 Å². The molecular formula is C13H15NO5. The van der Waals surface area contributed by atoms with Crippen LogP contribution in [-0.4, -0.2) is 27.4 Å². The number of nitrogens with zero attached hydrogens (tertiary/aromatic N) is 1. The Kier molecular flexibility index (Phi) is 4.44. The van der Waals surface area contributed by atoms with E-state index in [1.54, 1.807) is 19.2 Å². The third kappa shape index (κ3) is 2.89. The van der Waals surface area contributed by atoms with Crippen molar-refractivity contribution >= 4 is 0 Å². The molecule has 102 valence electrons. The number of rotatable bonds is 3. The molecule has 0 spiro atoms. The van der Waals surface area contributed by atoms with Crippen molar-refractivity contribution in [2.45, 2.75) is 12.7 Å². The average Bonchev–Trinajstić information content (AvgIpc) is 2.48. The maximum atomic E-state index is 10.5. The van der Waals surface area contributed by atoms with E-state index in [4.69, 9.17) is 18.9 Å². The fourth-order valence-electron chi connectivity index (χ4n) is 1.91. The Bertz CT molecular complexity index is 500. The van der Waals surface area contributed by atoms with Crippen molar-refractivity contribution in [3.05, 3.63) is 33.5 Å².